The molecule has 78 valence electrons. The summed E-state index contributed by atoms with van der Waals surface area (Å²) in [4.78, 5) is 4.40. The zero-order valence-electron chi connectivity index (χ0n) is 9.10. The molecule has 1 nitrogen and oxygen atoms in total. The molecule has 0 radical (unpaired) electrons. The lowest BCUT2D eigenvalue weighted by molar-refractivity contribution is 0.665. The topological polar surface area (TPSA) is 12.9 Å². The van der Waals surface area contributed by atoms with Crippen LogP contribution in [-0.4, -0.2) is 4.98 Å². The van der Waals surface area contributed by atoms with Crippen LogP contribution in [0.5, 0.6) is 0 Å². The van der Waals surface area contributed by atoms with E-state index in [9.17, 15) is 0 Å². The number of aromatic nitrogens is 1. The van der Waals surface area contributed by atoms with Crippen molar-refractivity contribution in [3.8, 4) is 0 Å². The molecule has 0 aromatic carbocycles. The van der Waals surface area contributed by atoms with Crippen molar-refractivity contribution in [2.24, 2.45) is 5.92 Å². The number of hydrogen-bond acceptors (Lipinski definition) is 2. The molecule has 0 aliphatic rings. The molecular formula is C13H15NS. The van der Waals surface area contributed by atoms with Gasteiger partial charge in [-0.1, -0.05) is 26.0 Å². The summed E-state index contributed by atoms with van der Waals surface area (Å²) >= 11 is 1.74. The second-order valence-electron chi connectivity index (χ2n) is 4.10. The highest BCUT2D eigenvalue weighted by Crippen LogP contribution is 2.20. The number of rotatable bonds is 3. The van der Waals surface area contributed by atoms with Crippen molar-refractivity contribution in [2.75, 3.05) is 0 Å². The fraction of sp³-hybridized carbons (Fsp3) is 0.308. The SMILES string of the molecule is CC(C)C/C=C/c1cnc2ccsc2c1. The molecule has 0 aliphatic heterocycles. The molecule has 2 aromatic heterocycles. The Morgan fingerprint density at radius 1 is 1.47 bits per heavy atom. The van der Waals surface area contributed by atoms with Gasteiger partial charge >= 0.3 is 0 Å². The summed E-state index contributed by atoms with van der Waals surface area (Å²) in [7, 11) is 0. The lowest BCUT2D eigenvalue weighted by Gasteiger charge is -1.97. The van der Waals surface area contributed by atoms with Crippen LogP contribution in [0.1, 0.15) is 25.8 Å². The van der Waals surface area contributed by atoms with E-state index < -0.39 is 0 Å². The van der Waals surface area contributed by atoms with Gasteiger partial charge in [0.05, 0.1) is 10.2 Å². The van der Waals surface area contributed by atoms with Gasteiger partial charge in [0, 0.05) is 6.20 Å². The maximum Gasteiger partial charge on any atom is 0.0810 e. The lowest BCUT2D eigenvalue weighted by Crippen LogP contribution is -1.81. The molecule has 2 aromatic rings. The molecule has 0 bridgehead atoms. The van der Waals surface area contributed by atoms with Crippen LogP contribution in [0.3, 0.4) is 0 Å². The molecule has 0 saturated heterocycles. The van der Waals surface area contributed by atoms with Crippen molar-refractivity contribution in [2.45, 2.75) is 20.3 Å². The van der Waals surface area contributed by atoms with Gasteiger partial charge in [0.2, 0.25) is 0 Å². The number of fused-ring (bicyclic) bond motifs is 1. The zero-order valence-corrected chi connectivity index (χ0v) is 9.92. The molecule has 2 heteroatoms. The van der Waals surface area contributed by atoms with E-state index in [1.807, 2.05) is 6.20 Å². The van der Waals surface area contributed by atoms with Crippen molar-refractivity contribution < 1.29 is 0 Å². The minimum atomic E-state index is 0.722. The minimum Gasteiger partial charge on any atom is -0.255 e. The third-order valence-corrected chi connectivity index (χ3v) is 3.09. The van der Waals surface area contributed by atoms with E-state index in [2.05, 4.69) is 48.5 Å². The molecule has 0 amide bonds. The minimum absolute atomic E-state index is 0.722. The summed E-state index contributed by atoms with van der Waals surface area (Å²) in [6.07, 6.45) is 7.45. The van der Waals surface area contributed by atoms with Crippen molar-refractivity contribution in [1.82, 2.24) is 4.98 Å². The molecule has 2 heterocycles. The molecule has 0 fully saturated rings. The number of allylic oxidation sites excluding steroid dienone is 1. The fourth-order valence-corrected chi connectivity index (χ4v) is 2.22. The summed E-state index contributed by atoms with van der Waals surface area (Å²) in [5, 5.41) is 2.08. The van der Waals surface area contributed by atoms with Crippen molar-refractivity contribution >= 4 is 27.6 Å². The van der Waals surface area contributed by atoms with Gasteiger partial charge < -0.3 is 0 Å². The first kappa shape index (κ1) is 10.4. The molecule has 0 saturated carbocycles. The Labute approximate surface area is 94.5 Å². The molecule has 0 atom stereocenters. The van der Waals surface area contributed by atoms with Crippen LogP contribution in [0.2, 0.25) is 0 Å². The first-order valence-electron chi connectivity index (χ1n) is 5.25. The standard InChI is InChI=1S/C13H15NS/c1-10(2)4-3-5-11-8-13-12(14-9-11)6-7-15-13/h3,5-10H,4H2,1-2H3/b5-3+. The van der Waals surface area contributed by atoms with E-state index >= 15 is 0 Å². The van der Waals surface area contributed by atoms with Gasteiger partial charge in [-0.25, -0.2) is 0 Å². The normalized spacial score (nSPS) is 11.9. The highest BCUT2D eigenvalue weighted by Gasteiger charge is 1.96. The number of nitrogens with zero attached hydrogens (tertiary/aromatic N) is 1. The van der Waals surface area contributed by atoms with Crippen molar-refractivity contribution in [3.63, 3.8) is 0 Å². The Balaban J connectivity index is 2.17. The van der Waals surface area contributed by atoms with E-state index in [1.165, 1.54) is 10.3 Å². The van der Waals surface area contributed by atoms with Crippen LogP contribution in [0.4, 0.5) is 0 Å². The van der Waals surface area contributed by atoms with Gasteiger partial charge in [-0.15, -0.1) is 11.3 Å². The Kier molecular flexibility index (Phi) is 3.17. The van der Waals surface area contributed by atoms with Crippen molar-refractivity contribution in [1.29, 1.82) is 0 Å². The molecule has 0 spiro atoms. The van der Waals surface area contributed by atoms with E-state index in [4.69, 9.17) is 0 Å². The zero-order chi connectivity index (χ0) is 10.7. The number of hydrogen-bond donors (Lipinski definition) is 0. The van der Waals surface area contributed by atoms with Crippen LogP contribution in [-0.2, 0) is 0 Å². The predicted molar refractivity (Wildman–Crippen MR) is 68.1 cm³/mol. The summed E-state index contributed by atoms with van der Waals surface area (Å²) in [5.41, 5.74) is 2.30. The van der Waals surface area contributed by atoms with Gasteiger partial charge in [-0.3, -0.25) is 4.98 Å². The second kappa shape index (κ2) is 4.58. The Morgan fingerprint density at radius 3 is 3.13 bits per heavy atom. The Hall–Kier alpha value is -1.15. The summed E-state index contributed by atoms with van der Waals surface area (Å²) in [5.74, 6) is 0.722. The van der Waals surface area contributed by atoms with Gasteiger partial charge in [-0.05, 0) is 35.4 Å². The van der Waals surface area contributed by atoms with Crippen LogP contribution in [0.25, 0.3) is 16.3 Å². The molecule has 0 unspecified atom stereocenters. The van der Waals surface area contributed by atoms with Gasteiger partial charge in [0.1, 0.15) is 0 Å². The number of thiophene rings is 1. The van der Waals surface area contributed by atoms with E-state index in [-0.39, 0.29) is 0 Å². The maximum absolute atomic E-state index is 4.40. The average Bonchev–Trinajstić information content (AvgIpc) is 2.64. The average molecular weight is 217 g/mol. The smallest absolute Gasteiger partial charge is 0.0810 e. The molecule has 0 N–H and O–H groups in total. The van der Waals surface area contributed by atoms with E-state index in [0.717, 1.165) is 17.9 Å². The number of pyridine rings is 1. The summed E-state index contributed by atoms with van der Waals surface area (Å²) in [6, 6.07) is 4.26. The highest BCUT2D eigenvalue weighted by atomic mass is 32.1. The van der Waals surface area contributed by atoms with Gasteiger partial charge in [-0.2, -0.15) is 0 Å². The van der Waals surface area contributed by atoms with E-state index in [1.54, 1.807) is 11.3 Å². The van der Waals surface area contributed by atoms with Gasteiger partial charge in [0.25, 0.3) is 0 Å². The van der Waals surface area contributed by atoms with Crippen LogP contribution in [0.15, 0.2) is 29.8 Å². The van der Waals surface area contributed by atoms with Gasteiger partial charge in [0.15, 0.2) is 0 Å². The van der Waals surface area contributed by atoms with Crippen molar-refractivity contribution in [3.05, 3.63) is 35.3 Å². The largest absolute Gasteiger partial charge is 0.255 e. The van der Waals surface area contributed by atoms with Crippen LogP contribution < -0.4 is 0 Å². The molecule has 0 aliphatic carbocycles. The fourth-order valence-electron chi connectivity index (χ4n) is 1.43. The first-order valence-corrected chi connectivity index (χ1v) is 6.13. The molecule has 15 heavy (non-hydrogen) atoms. The van der Waals surface area contributed by atoms with Crippen LogP contribution in [0, 0.1) is 5.92 Å². The highest BCUT2D eigenvalue weighted by molar-refractivity contribution is 7.17. The lowest BCUT2D eigenvalue weighted by atomic mass is 10.1. The third-order valence-electron chi connectivity index (χ3n) is 2.24. The third kappa shape index (κ3) is 2.66. The summed E-state index contributed by atoms with van der Waals surface area (Å²) in [6.45, 7) is 4.45. The second-order valence-corrected chi connectivity index (χ2v) is 5.05. The van der Waals surface area contributed by atoms with Crippen LogP contribution >= 0.6 is 11.3 Å². The maximum atomic E-state index is 4.40. The Bertz CT molecular complexity index is 468. The quantitative estimate of drug-likeness (QED) is 0.744. The summed E-state index contributed by atoms with van der Waals surface area (Å²) < 4.78 is 1.27. The molecular weight excluding hydrogens is 202 g/mol. The van der Waals surface area contributed by atoms with E-state index in [0.29, 0.717) is 0 Å². The monoisotopic (exact) mass is 217 g/mol. The first-order chi connectivity index (χ1) is 7.25. The Morgan fingerprint density at radius 2 is 2.33 bits per heavy atom. The molecule has 2 rings (SSSR count). The predicted octanol–water partition coefficient (Wildman–Crippen LogP) is 4.36.